The zero-order chi connectivity index (χ0) is 17.5. The predicted molar refractivity (Wildman–Crippen MR) is 67.1 cm³/mol. The molecule has 0 aliphatic heterocycles. The van der Waals surface area contributed by atoms with E-state index >= 15 is 0 Å². The lowest BCUT2D eigenvalue weighted by atomic mass is 10.1. The maximum absolute atomic E-state index is 13.1. The number of hydrogen-bond acceptors (Lipinski definition) is 2. The van der Waals surface area contributed by atoms with Crippen LogP contribution in [0.15, 0.2) is 36.4 Å². The third-order valence-corrected chi connectivity index (χ3v) is 3.03. The van der Waals surface area contributed by atoms with Gasteiger partial charge in [0.15, 0.2) is 6.61 Å². The Hall–Kier alpha value is -2.19. The Morgan fingerprint density at radius 1 is 0.826 bits per heavy atom. The van der Waals surface area contributed by atoms with Gasteiger partial charge in [-0.1, -0.05) is 12.1 Å². The summed E-state index contributed by atoms with van der Waals surface area (Å²) in [7, 11) is 0. The zero-order valence-electron chi connectivity index (χ0n) is 11.2. The highest BCUT2D eigenvalue weighted by molar-refractivity contribution is 5.85. The first-order valence-electron chi connectivity index (χ1n) is 6.12. The molecule has 0 aromatic heterocycles. The van der Waals surface area contributed by atoms with Gasteiger partial charge in [-0.15, -0.1) is 0 Å². The third-order valence-electron chi connectivity index (χ3n) is 3.03. The van der Waals surface area contributed by atoms with Gasteiger partial charge in [0.05, 0.1) is 0 Å². The predicted octanol–water partition coefficient (Wildman–Crippen LogP) is 4.76. The molecule has 2 nitrogen and oxygen atoms in total. The lowest BCUT2D eigenvalue weighted by molar-refractivity contribution is -0.358. The SMILES string of the molecule is Oc1ccc2cc(OCC(F)(F)C(F)(F)C(F)(F)F)ccc2c1. The molecule has 0 unspecified atom stereocenters. The van der Waals surface area contributed by atoms with Crippen molar-refractivity contribution in [2.24, 2.45) is 0 Å². The number of phenols is 1. The van der Waals surface area contributed by atoms with Gasteiger partial charge in [0, 0.05) is 0 Å². The van der Waals surface area contributed by atoms with Gasteiger partial charge in [-0.3, -0.25) is 0 Å². The quantitative estimate of drug-likeness (QED) is 0.812. The molecule has 0 atom stereocenters. The van der Waals surface area contributed by atoms with Crippen LogP contribution in [-0.2, 0) is 0 Å². The Kier molecular flexibility index (Phi) is 4.08. The average molecular weight is 342 g/mol. The highest BCUT2D eigenvalue weighted by Gasteiger charge is 2.73. The molecule has 0 saturated heterocycles. The van der Waals surface area contributed by atoms with Crippen LogP contribution in [0.2, 0.25) is 0 Å². The molecule has 0 heterocycles. The van der Waals surface area contributed by atoms with E-state index in [1.165, 1.54) is 30.3 Å². The number of ether oxygens (including phenoxy) is 1. The molecule has 9 heteroatoms. The summed E-state index contributed by atoms with van der Waals surface area (Å²) in [6, 6.07) is 7.68. The molecule has 0 aliphatic carbocycles. The highest BCUT2D eigenvalue weighted by atomic mass is 19.4. The number of rotatable bonds is 4. The van der Waals surface area contributed by atoms with E-state index in [-0.39, 0.29) is 11.5 Å². The van der Waals surface area contributed by atoms with E-state index in [1.807, 2.05) is 0 Å². The summed E-state index contributed by atoms with van der Waals surface area (Å²) in [5, 5.41) is 10.2. The lowest BCUT2D eigenvalue weighted by Gasteiger charge is -2.27. The average Bonchev–Trinajstić information content (AvgIpc) is 2.43. The van der Waals surface area contributed by atoms with Gasteiger partial charge in [-0.2, -0.15) is 30.7 Å². The molecule has 0 radical (unpaired) electrons. The molecule has 0 saturated carbocycles. The van der Waals surface area contributed by atoms with Gasteiger partial charge in [0.25, 0.3) is 0 Å². The molecule has 2 aromatic carbocycles. The molecule has 0 aliphatic rings. The fourth-order valence-corrected chi connectivity index (χ4v) is 1.77. The topological polar surface area (TPSA) is 29.5 Å². The minimum absolute atomic E-state index is 0.0532. The first-order chi connectivity index (χ1) is 10.4. The van der Waals surface area contributed by atoms with Gasteiger partial charge >= 0.3 is 18.0 Å². The second-order valence-electron chi connectivity index (χ2n) is 4.76. The minimum Gasteiger partial charge on any atom is -0.508 e. The summed E-state index contributed by atoms with van der Waals surface area (Å²) in [5.74, 6) is -12.0. The third kappa shape index (κ3) is 3.27. The molecule has 2 rings (SSSR count). The summed E-state index contributed by atoms with van der Waals surface area (Å²) in [5.41, 5.74) is 0. The number of phenolic OH excluding ortho intramolecular Hbond substituents is 1. The van der Waals surface area contributed by atoms with Gasteiger partial charge in [0.1, 0.15) is 11.5 Å². The summed E-state index contributed by atoms with van der Waals surface area (Å²) in [6.45, 7) is -2.14. The molecular weight excluding hydrogens is 333 g/mol. The van der Waals surface area contributed by atoms with Crippen molar-refractivity contribution in [3.05, 3.63) is 36.4 Å². The van der Waals surface area contributed by atoms with E-state index in [4.69, 9.17) is 0 Å². The van der Waals surface area contributed by atoms with Crippen LogP contribution in [0.5, 0.6) is 11.5 Å². The fourth-order valence-electron chi connectivity index (χ4n) is 1.77. The Balaban J connectivity index is 2.18. The first kappa shape index (κ1) is 17.2. The monoisotopic (exact) mass is 342 g/mol. The summed E-state index contributed by atoms with van der Waals surface area (Å²) < 4.78 is 92.1. The molecule has 23 heavy (non-hydrogen) atoms. The van der Waals surface area contributed by atoms with E-state index in [0.717, 1.165) is 6.07 Å². The van der Waals surface area contributed by atoms with E-state index in [0.29, 0.717) is 10.8 Å². The minimum atomic E-state index is -6.39. The van der Waals surface area contributed by atoms with E-state index < -0.39 is 24.6 Å². The Labute approximate surface area is 125 Å². The van der Waals surface area contributed by atoms with Crippen molar-refractivity contribution in [3.8, 4) is 11.5 Å². The van der Waals surface area contributed by atoms with Crippen molar-refractivity contribution < 1.29 is 40.6 Å². The Bertz CT molecular complexity index is 710. The lowest BCUT2D eigenvalue weighted by Crippen LogP contribution is -2.54. The first-order valence-corrected chi connectivity index (χ1v) is 6.12. The number of benzene rings is 2. The van der Waals surface area contributed by atoms with Crippen LogP contribution in [0, 0.1) is 0 Å². The summed E-state index contributed by atoms with van der Waals surface area (Å²) in [4.78, 5) is 0. The number of halogens is 7. The van der Waals surface area contributed by atoms with Gasteiger partial charge < -0.3 is 9.84 Å². The number of fused-ring (bicyclic) bond motifs is 1. The van der Waals surface area contributed by atoms with Gasteiger partial charge in [-0.05, 0) is 35.0 Å². The highest BCUT2D eigenvalue weighted by Crippen LogP contribution is 2.46. The molecule has 0 fully saturated rings. The molecule has 0 spiro atoms. The van der Waals surface area contributed by atoms with E-state index in [2.05, 4.69) is 4.74 Å². The van der Waals surface area contributed by atoms with Crippen LogP contribution < -0.4 is 4.74 Å². The van der Waals surface area contributed by atoms with Gasteiger partial charge in [0.2, 0.25) is 0 Å². The molecule has 0 bridgehead atoms. The van der Waals surface area contributed by atoms with E-state index in [9.17, 15) is 35.8 Å². The number of aromatic hydroxyl groups is 1. The number of hydrogen-bond donors (Lipinski definition) is 1. The van der Waals surface area contributed by atoms with Crippen molar-refractivity contribution in [3.63, 3.8) is 0 Å². The van der Waals surface area contributed by atoms with Crippen LogP contribution in [0.25, 0.3) is 10.8 Å². The largest absolute Gasteiger partial charge is 0.508 e. The second kappa shape index (κ2) is 5.47. The summed E-state index contributed by atoms with van der Waals surface area (Å²) in [6.07, 6.45) is -6.39. The van der Waals surface area contributed by atoms with Crippen LogP contribution in [-0.4, -0.2) is 29.7 Å². The Morgan fingerprint density at radius 3 is 2.00 bits per heavy atom. The van der Waals surface area contributed by atoms with Crippen molar-refractivity contribution in [1.29, 1.82) is 0 Å². The maximum atomic E-state index is 13.1. The molecule has 2 aromatic rings. The second-order valence-corrected chi connectivity index (χ2v) is 4.76. The molecule has 1 N–H and O–H groups in total. The molecule has 126 valence electrons. The zero-order valence-corrected chi connectivity index (χ0v) is 11.2. The standard InChI is InChI=1S/C14H9F7O2/c15-12(16,13(17,18)14(19,20)21)7-23-11-4-2-8-5-10(22)3-1-9(8)6-11/h1-6,22H,7H2. The van der Waals surface area contributed by atoms with Crippen LogP contribution in [0.3, 0.4) is 0 Å². The van der Waals surface area contributed by atoms with Crippen molar-refractivity contribution in [1.82, 2.24) is 0 Å². The normalized spacial score (nSPS) is 13.3. The van der Waals surface area contributed by atoms with Gasteiger partial charge in [-0.25, -0.2) is 0 Å². The smallest absolute Gasteiger partial charge is 0.460 e. The summed E-state index contributed by atoms with van der Waals surface area (Å²) >= 11 is 0. The van der Waals surface area contributed by atoms with Crippen molar-refractivity contribution in [2.75, 3.05) is 6.61 Å². The van der Waals surface area contributed by atoms with E-state index in [1.54, 1.807) is 0 Å². The van der Waals surface area contributed by atoms with Crippen LogP contribution in [0.4, 0.5) is 30.7 Å². The van der Waals surface area contributed by atoms with Crippen molar-refractivity contribution >= 4 is 10.8 Å². The number of alkyl halides is 7. The van der Waals surface area contributed by atoms with Crippen molar-refractivity contribution in [2.45, 2.75) is 18.0 Å². The maximum Gasteiger partial charge on any atom is 0.460 e. The fraction of sp³-hybridized carbons (Fsp3) is 0.286. The van der Waals surface area contributed by atoms with Crippen LogP contribution in [0.1, 0.15) is 0 Å². The Morgan fingerprint density at radius 2 is 1.39 bits per heavy atom. The molecular formula is C14H9F7O2. The molecule has 0 amide bonds. The van der Waals surface area contributed by atoms with Crippen LogP contribution >= 0.6 is 0 Å².